The Kier molecular flexibility index (Phi) is 3.56. The van der Waals surface area contributed by atoms with Crippen LogP contribution in [0.4, 0.5) is 5.69 Å². The van der Waals surface area contributed by atoms with E-state index >= 15 is 0 Å². The van der Waals surface area contributed by atoms with E-state index in [4.69, 9.17) is 0 Å². The minimum absolute atomic E-state index is 0.0926. The molecule has 19 heavy (non-hydrogen) atoms. The second kappa shape index (κ2) is 4.75. The van der Waals surface area contributed by atoms with Crippen molar-refractivity contribution >= 4 is 33.4 Å². The first-order valence-corrected chi connectivity index (χ1v) is 7.19. The van der Waals surface area contributed by atoms with Gasteiger partial charge in [0.1, 0.15) is 0 Å². The van der Waals surface area contributed by atoms with E-state index < -0.39 is 5.41 Å². The fourth-order valence-corrected chi connectivity index (χ4v) is 2.99. The number of carbonyl (C=O) groups is 2. The number of aryl methyl sites for hydroxylation is 1. The summed E-state index contributed by atoms with van der Waals surface area (Å²) in [5.74, 6) is -0.0640. The summed E-state index contributed by atoms with van der Waals surface area (Å²) in [4.78, 5) is 26.1. The van der Waals surface area contributed by atoms with Gasteiger partial charge in [0, 0.05) is 10.9 Å². The van der Waals surface area contributed by atoms with E-state index in [1.165, 1.54) is 4.90 Å². The summed E-state index contributed by atoms with van der Waals surface area (Å²) in [5, 5.41) is 0. The summed E-state index contributed by atoms with van der Waals surface area (Å²) in [6.07, 6.45) is 0.287. The molecular weight excluding hydrogens is 306 g/mol. The number of benzene rings is 1. The minimum Gasteiger partial charge on any atom is -0.274 e. The molecule has 1 aromatic rings. The Balaban J connectivity index is 2.46. The van der Waals surface area contributed by atoms with Crippen molar-refractivity contribution in [2.24, 2.45) is 11.3 Å². The van der Waals surface area contributed by atoms with Crippen LogP contribution < -0.4 is 4.90 Å². The largest absolute Gasteiger partial charge is 0.274 e. The van der Waals surface area contributed by atoms with E-state index in [0.717, 1.165) is 10.0 Å². The van der Waals surface area contributed by atoms with Crippen molar-refractivity contribution < 1.29 is 9.59 Å². The van der Waals surface area contributed by atoms with Gasteiger partial charge in [-0.15, -0.1) is 0 Å². The van der Waals surface area contributed by atoms with Gasteiger partial charge in [-0.1, -0.05) is 29.8 Å². The Hall–Kier alpha value is -1.16. The Labute approximate surface area is 122 Å². The fourth-order valence-electron chi connectivity index (χ4n) is 2.40. The number of halogens is 1. The molecule has 1 atom stereocenters. The SMILES string of the molecule is Cc1cc(Br)cc(N2C(=O)CC(C)(C(C)C)C2=O)c1. The molecule has 0 aliphatic carbocycles. The van der Waals surface area contributed by atoms with Crippen molar-refractivity contribution in [3.63, 3.8) is 0 Å². The average Bonchev–Trinajstić information content (AvgIpc) is 2.49. The lowest BCUT2D eigenvalue weighted by Crippen LogP contribution is -2.36. The number of nitrogens with zero attached hydrogens (tertiary/aromatic N) is 1. The van der Waals surface area contributed by atoms with E-state index in [1.54, 1.807) is 0 Å². The molecule has 102 valence electrons. The van der Waals surface area contributed by atoms with Gasteiger partial charge >= 0.3 is 0 Å². The molecule has 0 aromatic heterocycles. The van der Waals surface area contributed by atoms with Crippen LogP contribution in [0.25, 0.3) is 0 Å². The van der Waals surface area contributed by atoms with Crippen LogP contribution in [0.2, 0.25) is 0 Å². The zero-order chi connectivity index (χ0) is 14.4. The standard InChI is InChI=1S/C15H18BrNO2/c1-9(2)15(4)8-13(18)17(14(15)19)12-6-10(3)5-11(16)7-12/h5-7,9H,8H2,1-4H3. The topological polar surface area (TPSA) is 37.4 Å². The fraction of sp³-hybridized carbons (Fsp3) is 0.467. The highest BCUT2D eigenvalue weighted by atomic mass is 79.9. The number of amides is 2. The zero-order valence-corrected chi connectivity index (χ0v) is 13.2. The van der Waals surface area contributed by atoms with Gasteiger partial charge in [-0.05, 0) is 43.5 Å². The molecule has 1 aliphatic rings. The van der Waals surface area contributed by atoms with E-state index in [0.29, 0.717) is 5.69 Å². The van der Waals surface area contributed by atoms with Crippen LogP contribution in [0.3, 0.4) is 0 Å². The summed E-state index contributed by atoms with van der Waals surface area (Å²) in [6, 6.07) is 5.64. The van der Waals surface area contributed by atoms with Crippen molar-refractivity contribution in [3.8, 4) is 0 Å². The van der Waals surface area contributed by atoms with Gasteiger partial charge in [-0.2, -0.15) is 0 Å². The summed E-state index contributed by atoms with van der Waals surface area (Å²) >= 11 is 3.41. The summed E-state index contributed by atoms with van der Waals surface area (Å²) in [5.41, 5.74) is 1.09. The summed E-state index contributed by atoms with van der Waals surface area (Å²) < 4.78 is 0.876. The number of imide groups is 1. The van der Waals surface area contributed by atoms with Crippen LogP contribution in [0.1, 0.15) is 32.8 Å². The van der Waals surface area contributed by atoms with Crippen LogP contribution >= 0.6 is 15.9 Å². The molecule has 0 N–H and O–H groups in total. The Morgan fingerprint density at radius 2 is 1.89 bits per heavy atom. The minimum atomic E-state index is -0.590. The van der Waals surface area contributed by atoms with Crippen LogP contribution in [-0.2, 0) is 9.59 Å². The molecule has 1 fully saturated rings. The molecule has 3 nitrogen and oxygen atoms in total. The quantitative estimate of drug-likeness (QED) is 0.778. The molecule has 4 heteroatoms. The van der Waals surface area contributed by atoms with Gasteiger partial charge in [-0.3, -0.25) is 14.5 Å². The van der Waals surface area contributed by atoms with Crippen LogP contribution in [0.5, 0.6) is 0 Å². The number of rotatable bonds is 2. The maximum Gasteiger partial charge on any atom is 0.240 e. The van der Waals surface area contributed by atoms with Crippen molar-refractivity contribution in [1.82, 2.24) is 0 Å². The molecule has 1 aromatic carbocycles. The van der Waals surface area contributed by atoms with Crippen molar-refractivity contribution in [3.05, 3.63) is 28.2 Å². The number of anilines is 1. The summed E-state index contributed by atoms with van der Waals surface area (Å²) in [7, 11) is 0. The summed E-state index contributed by atoms with van der Waals surface area (Å²) in [6.45, 7) is 7.80. The average molecular weight is 324 g/mol. The van der Waals surface area contributed by atoms with E-state index in [9.17, 15) is 9.59 Å². The number of hydrogen-bond acceptors (Lipinski definition) is 2. The molecule has 1 unspecified atom stereocenters. The van der Waals surface area contributed by atoms with Gasteiger partial charge < -0.3 is 0 Å². The first-order chi connectivity index (χ1) is 8.75. The van der Waals surface area contributed by atoms with Gasteiger partial charge in [0.05, 0.1) is 11.1 Å². The molecule has 0 radical (unpaired) electrons. The zero-order valence-electron chi connectivity index (χ0n) is 11.7. The van der Waals surface area contributed by atoms with E-state index in [1.807, 2.05) is 45.9 Å². The van der Waals surface area contributed by atoms with E-state index in [2.05, 4.69) is 15.9 Å². The monoisotopic (exact) mass is 323 g/mol. The maximum atomic E-state index is 12.6. The van der Waals surface area contributed by atoms with Crippen molar-refractivity contribution in [2.45, 2.75) is 34.1 Å². The second-order valence-electron chi connectivity index (χ2n) is 5.77. The van der Waals surface area contributed by atoms with Crippen LogP contribution in [-0.4, -0.2) is 11.8 Å². The number of carbonyl (C=O) groups excluding carboxylic acids is 2. The smallest absolute Gasteiger partial charge is 0.240 e. The molecule has 2 rings (SSSR count). The third-order valence-electron chi connectivity index (χ3n) is 4.02. The van der Waals surface area contributed by atoms with Gasteiger partial charge in [0.15, 0.2) is 0 Å². The molecule has 0 spiro atoms. The first-order valence-electron chi connectivity index (χ1n) is 6.40. The van der Waals surface area contributed by atoms with Crippen LogP contribution in [0.15, 0.2) is 22.7 Å². The molecule has 0 saturated carbocycles. The predicted molar refractivity (Wildman–Crippen MR) is 78.9 cm³/mol. The highest BCUT2D eigenvalue weighted by Gasteiger charge is 2.50. The lowest BCUT2D eigenvalue weighted by atomic mass is 9.78. The first kappa shape index (κ1) is 14.3. The van der Waals surface area contributed by atoms with Crippen molar-refractivity contribution in [1.29, 1.82) is 0 Å². The number of hydrogen-bond donors (Lipinski definition) is 0. The van der Waals surface area contributed by atoms with Gasteiger partial charge in [-0.25, -0.2) is 0 Å². The molecule has 0 bridgehead atoms. The Morgan fingerprint density at radius 3 is 2.37 bits per heavy atom. The molecule has 1 heterocycles. The Bertz CT molecular complexity index is 533. The molecular formula is C15H18BrNO2. The Morgan fingerprint density at radius 1 is 1.26 bits per heavy atom. The van der Waals surface area contributed by atoms with E-state index in [-0.39, 0.29) is 24.2 Å². The third kappa shape index (κ3) is 2.34. The predicted octanol–water partition coefficient (Wildman–Crippen LogP) is 3.68. The van der Waals surface area contributed by atoms with Crippen LogP contribution in [0, 0.1) is 18.3 Å². The van der Waals surface area contributed by atoms with Crippen molar-refractivity contribution in [2.75, 3.05) is 4.90 Å². The second-order valence-corrected chi connectivity index (χ2v) is 6.69. The third-order valence-corrected chi connectivity index (χ3v) is 4.48. The highest BCUT2D eigenvalue weighted by Crippen LogP contribution is 2.41. The van der Waals surface area contributed by atoms with Gasteiger partial charge in [0.2, 0.25) is 11.8 Å². The lowest BCUT2D eigenvalue weighted by molar-refractivity contribution is -0.126. The molecule has 2 amide bonds. The lowest BCUT2D eigenvalue weighted by Gasteiger charge is -2.26. The highest BCUT2D eigenvalue weighted by molar-refractivity contribution is 9.10. The molecule has 1 saturated heterocycles. The van der Waals surface area contributed by atoms with Gasteiger partial charge in [0.25, 0.3) is 0 Å². The normalized spacial score (nSPS) is 23.6. The molecule has 1 aliphatic heterocycles. The maximum absolute atomic E-state index is 12.6.